The standard InChI is InChI=1S/C22H37NO2S/c1-17-16-18(2)20(4)22(19(17)3)26(24,25)23-21-14-12-10-8-6-5-7-9-11-13-15-21/h16,21,23H,5-15H2,1-4H3. The molecule has 2 rings (SSSR count). The maximum Gasteiger partial charge on any atom is 0.241 e. The van der Waals surface area contributed by atoms with Gasteiger partial charge in [0.05, 0.1) is 4.90 Å². The Bertz CT molecular complexity index is 656. The molecule has 148 valence electrons. The fourth-order valence-electron chi connectivity index (χ4n) is 4.14. The maximum atomic E-state index is 13.2. The zero-order valence-corrected chi connectivity index (χ0v) is 18.0. The summed E-state index contributed by atoms with van der Waals surface area (Å²) >= 11 is 0. The number of nitrogens with one attached hydrogen (secondary N) is 1. The zero-order chi connectivity index (χ0) is 19.2. The molecule has 1 fully saturated rings. The van der Waals surface area contributed by atoms with Crippen molar-refractivity contribution in [3.05, 3.63) is 28.3 Å². The van der Waals surface area contributed by atoms with Crippen LogP contribution < -0.4 is 4.72 Å². The molecule has 4 heteroatoms. The van der Waals surface area contributed by atoms with Crippen LogP contribution in [0.4, 0.5) is 0 Å². The highest BCUT2D eigenvalue weighted by Gasteiger charge is 2.25. The summed E-state index contributed by atoms with van der Waals surface area (Å²) in [5.41, 5.74) is 3.86. The molecule has 1 N–H and O–H groups in total. The highest BCUT2D eigenvalue weighted by atomic mass is 32.2. The summed E-state index contributed by atoms with van der Waals surface area (Å²) in [7, 11) is -3.48. The van der Waals surface area contributed by atoms with Gasteiger partial charge in [-0.1, -0.05) is 63.9 Å². The van der Waals surface area contributed by atoms with E-state index >= 15 is 0 Å². The summed E-state index contributed by atoms with van der Waals surface area (Å²) in [6, 6.07) is 2.15. The molecule has 0 aromatic heterocycles. The molecule has 0 aliphatic heterocycles. The van der Waals surface area contributed by atoms with E-state index in [1.54, 1.807) is 0 Å². The molecule has 0 bridgehead atoms. The molecule has 3 nitrogen and oxygen atoms in total. The van der Waals surface area contributed by atoms with E-state index in [0.29, 0.717) is 4.90 Å². The first kappa shape index (κ1) is 21.4. The fraction of sp³-hybridized carbons (Fsp3) is 0.727. The van der Waals surface area contributed by atoms with Crippen molar-refractivity contribution in [3.8, 4) is 0 Å². The van der Waals surface area contributed by atoms with Gasteiger partial charge in [-0.25, -0.2) is 13.1 Å². The first-order valence-electron chi connectivity index (χ1n) is 10.4. The molecular weight excluding hydrogens is 342 g/mol. The van der Waals surface area contributed by atoms with Gasteiger partial charge in [0.1, 0.15) is 0 Å². The van der Waals surface area contributed by atoms with E-state index in [1.807, 2.05) is 27.7 Å². The lowest BCUT2D eigenvalue weighted by Gasteiger charge is -2.22. The van der Waals surface area contributed by atoms with E-state index in [9.17, 15) is 8.42 Å². The molecule has 26 heavy (non-hydrogen) atoms. The van der Waals surface area contributed by atoms with Gasteiger partial charge in [-0.2, -0.15) is 0 Å². The van der Waals surface area contributed by atoms with Crippen LogP contribution in [0.25, 0.3) is 0 Å². The minimum Gasteiger partial charge on any atom is -0.208 e. The third-order valence-electron chi connectivity index (χ3n) is 5.99. The smallest absolute Gasteiger partial charge is 0.208 e. The van der Waals surface area contributed by atoms with Crippen LogP contribution in [0.5, 0.6) is 0 Å². The number of benzene rings is 1. The monoisotopic (exact) mass is 379 g/mol. The average Bonchev–Trinajstić information content (AvgIpc) is 2.55. The largest absolute Gasteiger partial charge is 0.241 e. The third kappa shape index (κ3) is 5.82. The van der Waals surface area contributed by atoms with E-state index in [1.165, 1.54) is 44.9 Å². The Labute approximate surface area is 161 Å². The van der Waals surface area contributed by atoms with Crippen molar-refractivity contribution in [2.45, 2.75) is 109 Å². The molecular formula is C22H37NO2S. The average molecular weight is 380 g/mol. The topological polar surface area (TPSA) is 46.2 Å². The van der Waals surface area contributed by atoms with Crippen LogP contribution in [0.2, 0.25) is 0 Å². The van der Waals surface area contributed by atoms with E-state index in [2.05, 4.69) is 10.8 Å². The molecule has 0 unspecified atom stereocenters. The summed E-state index contributed by atoms with van der Waals surface area (Å²) in [5, 5.41) is 0. The molecule has 0 heterocycles. The second kappa shape index (κ2) is 9.89. The Morgan fingerprint density at radius 3 is 1.54 bits per heavy atom. The van der Waals surface area contributed by atoms with Gasteiger partial charge in [-0.05, 0) is 62.8 Å². The van der Waals surface area contributed by atoms with Crippen LogP contribution >= 0.6 is 0 Å². The molecule has 0 amide bonds. The Morgan fingerprint density at radius 2 is 1.12 bits per heavy atom. The van der Waals surface area contributed by atoms with Gasteiger partial charge in [0.15, 0.2) is 0 Å². The van der Waals surface area contributed by atoms with Gasteiger partial charge in [0.25, 0.3) is 0 Å². The predicted octanol–water partition coefficient (Wildman–Crippen LogP) is 5.87. The summed E-state index contributed by atoms with van der Waals surface area (Å²) in [6.45, 7) is 7.85. The van der Waals surface area contributed by atoms with Crippen LogP contribution in [0.3, 0.4) is 0 Å². The van der Waals surface area contributed by atoms with E-state index < -0.39 is 10.0 Å². The molecule has 0 radical (unpaired) electrons. The van der Waals surface area contributed by atoms with Gasteiger partial charge in [-0.3, -0.25) is 0 Å². The Hall–Kier alpha value is -0.870. The third-order valence-corrected chi connectivity index (χ3v) is 7.79. The second-order valence-electron chi connectivity index (χ2n) is 8.17. The minimum atomic E-state index is -3.48. The predicted molar refractivity (Wildman–Crippen MR) is 110 cm³/mol. The lowest BCUT2D eigenvalue weighted by molar-refractivity contribution is 0.439. The van der Waals surface area contributed by atoms with E-state index in [4.69, 9.17) is 0 Å². The maximum absolute atomic E-state index is 13.2. The second-order valence-corrected chi connectivity index (χ2v) is 9.82. The van der Waals surface area contributed by atoms with Crippen molar-refractivity contribution >= 4 is 10.0 Å². The van der Waals surface area contributed by atoms with Gasteiger partial charge >= 0.3 is 0 Å². The molecule has 1 aromatic rings. The van der Waals surface area contributed by atoms with Gasteiger partial charge in [0, 0.05) is 6.04 Å². The normalized spacial score (nSPS) is 18.9. The van der Waals surface area contributed by atoms with Crippen LogP contribution in [0.1, 0.15) is 92.9 Å². The number of rotatable bonds is 3. The quantitative estimate of drug-likeness (QED) is 0.713. The molecule has 1 saturated carbocycles. The van der Waals surface area contributed by atoms with Gasteiger partial charge < -0.3 is 0 Å². The molecule has 1 aromatic carbocycles. The van der Waals surface area contributed by atoms with E-state index in [-0.39, 0.29) is 6.04 Å². The molecule has 0 saturated heterocycles. The van der Waals surface area contributed by atoms with Crippen molar-refractivity contribution in [2.24, 2.45) is 0 Å². The number of hydrogen-bond donors (Lipinski definition) is 1. The Kier molecular flexibility index (Phi) is 8.15. The lowest BCUT2D eigenvalue weighted by Crippen LogP contribution is -2.36. The number of sulfonamides is 1. The summed E-state index contributed by atoms with van der Waals surface area (Å²) < 4.78 is 29.5. The fourth-order valence-corrected chi connectivity index (χ4v) is 6.06. The summed E-state index contributed by atoms with van der Waals surface area (Å²) in [5.74, 6) is 0. The number of aryl methyl sites for hydroxylation is 2. The van der Waals surface area contributed by atoms with E-state index in [0.717, 1.165) is 47.9 Å². The van der Waals surface area contributed by atoms with Gasteiger partial charge in [0.2, 0.25) is 10.0 Å². The lowest BCUT2D eigenvalue weighted by atomic mass is 9.98. The van der Waals surface area contributed by atoms with Crippen molar-refractivity contribution in [3.63, 3.8) is 0 Å². The molecule has 1 aliphatic rings. The molecule has 1 aliphatic carbocycles. The highest BCUT2D eigenvalue weighted by Crippen LogP contribution is 2.27. The zero-order valence-electron chi connectivity index (χ0n) is 17.2. The van der Waals surface area contributed by atoms with Crippen LogP contribution in [0, 0.1) is 27.7 Å². The van der Waals surface area contributed by atoms with Crippen molar-refractivity contribution < 1.29 is 8.42 Å². The first-order valence-corrected chi connectivity index (χ1v) is 11.9. The highest BCUT2D eigenvalue weighted by molar-refractivity contribution is 7.89. The van der Waals surface area contributed by atoms with Crippen LogP contribution in [-0.2, 0) is 10.0 Å². The number of hydrogen-bond acceptors (Lipinski definition) is 2. The van der Waals surface area contributed by atoms with Crippen molar-refractivity contribution in [1.82, 2.24) is 4.72 Å². The molecule has 0 atom stereocenters. The van der Waals surface area contributed by atoms with Crippen molar-refractivity contribution in [1.29, 1.82) is 0 Å². The van der Waals surface area contributed by atoms with Crippen molar-refractivity contribution in [2.75, 3.05) is 0 Å². The molecule has 0 spiro atoms. The van der Waals surface area contributed by atoms with Crippen LogP contribution in [0.15, 0.2) is 11.0 Å². The Morgan fingerprint density at radius 1 is 0.731 bits per heavy atom. The SMILES string of the molecule is Cc1cc(C)c(C)c(S(=O)(=O)NC2CCCCCCCCCCC2)c1C. The minimum absolute atomic E-state index is 0.0686. The summed E-state index contributed by atoms with van der Waals surface area (Å²) in [6.07, 6.45) is 13.2. The first-order chi connectivity index (χ1) is 12.3. The Balaban J connectivity index is 2.17. The van der Waals surface area contributed by atoms with Gasteiger partial charge in [-0.15, -0.1) is 0 Å². The van der Waals surface area contributed by atoms with Crippen LogP contribution in [-0.4, -0.2) is 14.5 Å². The summed E-state index contributed by atoms with van der Waals surface area (Å²) in [4.78, 5) is 0.501.